The number of hydrogen-bond acceptors (Lipinski definition) is 6. The number of thiophene rings is 1. The summed E-state index contributed by atoms with van der Waals surface area (Å²) in [4.78, 5) is 17.5. The molecule has 0 saturated carbocycles. The van der Waals surface area contributed by atoms with Gasteiger partial charge in [-0.05, 0) is 55.3 Å². The van der Waals surface area contributed by atoms with Crippen molar-refractivity contribution in [2.24, 2.45) is 0 Å². The summed E-state index contributed by atoms with van der Waals surface area (Å²) in [5, 5.41) is 6.96. The van der Waals surface area contributed by atoms with Crippen molar-refractivity contribution in [2.75, 3.05) is 11.9 Å². The van der Waals surface area contributed by atoms with Crippen molar-refractivity contribution in [3.05, 3.63) is 52.2 Å². The fourth-order valence-corrected chi connectivity index (χ4v) is 7.03. The first-order valence-corrected chi connectivity index (χ1v) is 13.0. The predicted molar refractivity (Wildman–Crippen MR) is 122 cm³/mol. The standard InChI is InChI=1S/C21H23N3O3S3/c1-14-8-9-16(12-15(14)2)17-13-29-21(22-17)23-20(25)18-6-3-4-10-24(18)30(26,27)19-7-5-11-28-19/h5,7-9,11-13,18H,3-4,6,10H2,1-2H3,(H,22,23,25). The highest BCUT2D eigenvalue weighted by atomic mass is 32.2. The van der Waals surface area contributed by atoms with Gasteiger partial charge in [-0.3, -0.25) is 4.79 Å². The van der Waals surface area contributed by atoms with Gasteiger partial charge >= 0.3 is 0 Å². The molecule has 9 heteroatoms. The number of benzene rings is 1. The van der Waals surface area contributed by atoms with Gasteiger partial charge in [0.25, 0.3) is 10.0 Å². The van der Waals surface area contributed by atoms with Crippen LogP contribution in [0.3, 0.4) is 0 Å². The molecule has 0 radical (unpaired) electrons. The molecule has 4 rings (SSSR count). The molecule has 1 fully saturated rings. The van der Waals surface area contributed by atoms with E-state index in [-0.39, 0.29) is 10.1 Å². The number of anilines is 1. The second-order valence-corrected chi connectivity index (χ2v) is 11.3. The molecule has 1 saturated heterocycles. The molecule has 0 bridgehead atoms. The van der Waals surface area contributed by atoms with Crippen molar-refractivity contribution in [1.29, 1.82) is 0 Å². The molecule has 3 aromatic rings. The lowest BCUT2D eigenvalue weighted by Crippen LogP contribution is -2.49. The number of nitrogens with one attached hydrogen (secondary N) is 1. The number of thiazole rings is 1. The van der Waals surface area contributed by atoms with Crippen LogP contribution in [0.25, 0.3) is 11.3 Å². The number of nitrogens with zero attached hydrogens (tertiary/aromatic N) is 2. The first-order chi connectivity index (χ1) is 14.4. The highest BCUT2D eigenvalue weighted by molar-refractivity contribution is 7.91. The zero-order chi connectivity index (χ0) is 21.3. The van der Waals surface area contributed by atoms with Crippen molar-refractivity contribution in [2.45, 2.75) is 43.4 Å². The number of amides is 1. The van der Waals surface area contributed by atoms with E-state index in [0.29, 0.717) is 18.1 Å². The zero-order valence-corrected chi connectivity index (χ0v) is 19.2. The maximum Gasteiger partial charge on any atom is 0.253 e. The third-order valence-corrected chi connectivity index (χ3v) is 9.39. The summed E-state index contributed by atoms with van der Waals surface area (Å²) in [5.41, 5.74) is 4.19. The second-order valence-electron chi connectivity index (χ2n) is 7.39. The Kier molecular flexibility index (Phi) is 6.06. The van der Waals surface area contributed by atoms with Gasteiger partial charge in [0, 0.05) is 17.5 Å². The summed E-state index contributed by atoms with van der Waals surface area (Å²) in [7, 11) is -3.68. The molecule has 1 atom stereocenters. The smallest absolute Gasteiger partial charge is 0.253 e. The molecule has 0 spiro atoms. The van der Waals surface area contributed by atoms with Gasteiger partial charge in [0.2, 0.25) is 5.91 Å². The van der Waals surface area contributed by atoms with Crippen LogP contribution in [0.5, 0.6) is 0 Å². The Bertz CT molecular complexity index is 1150. The number of sulfonamides is 1. The Morgan fingerprint density at radius 3 is 2.73 bits per heavy atom. The first-order valence-electron chi connectivity index (χ1n) is 9.75. The third kappa shape index (κ3) is 4.20. The highest BCUT2D eigenvalue weighted by Crippen LogP contribution is 2.30. The van der Waals surface area contributed by atoms with Gasteiger partial charge in [-0.2, -0.15) is 4.31 Å². The fraction of sp³-hybridized carbons (Fsp3) is 0.333. The average Bonchev–Trinajstić information content (AvgIpc) is 3.43. The van der Waals surface area contributed by atoms with Gasteiger partial charge in [0.05, 0.1) is 5.69 Å². The van der Waals surface area contributed by atoms with Crippen molar-refractivity contribution >= 4 is 43.7 Å². The van der Waals surface area contributed by atoms with Gasteiger partial charge in [-0.15, -0.1) is 22.7 Å². The van der Waals surface area contributed by atoms with Crippen LogP contribution in [-0.4, -0.2) is 36.2 Å². The summed E-state index contributed by atoms with van der Waals surface area (Å²) >= 11 is 2.52. The van der Waals surface area contributed by atoms with E-state index in [1.54, 1.807) is 17.5 Å². The van der Waals surface area contributed by atoms with Crippen LogP contribution in [-0.2, 0) is 14.8 Å². The van der Waals surface area contributed by atoms with Gasteiger partial charge < -0.3 is 5.32 Å². The minimum Gasteiger partial charge on any atom is -0.301 e. The molecule has 1 aliphatic rings. The highest BCUT2D eigenvalue weighted by Gasteiger charge is 2.38. The van der Waals surface area contributed by atoms with Crippen LogP contribution in [0.1, 0.15) is 30.4 Å². The van der Waals surface area contributed by atoms with Crippen LogP contribution >= 0.6 is 22.7 Å². The van der Waals surface area contributed by atoms with Crippen molar-refractivity contribution < 1.29 is 13.2 Å². The Labute approximate surface area is 184 Å². The Morgan fingerprint density at radius 2 is 2.00 bits per heavy atom. The van der Waals surface area contributed by atoms with Gasteiger partial charge in [0.1, 0.15) is 10.3 Å². The predicted octanol–water partition coefficient (Wildman–Crippen LogP) is 4.67. The number of aromatic nitrogens is 1. The first kappa shape index (κ1) is 21.2. The fourth-order valence-electron chi connectivity index (χ4n) is 3.53. The molecule has 30 heavy (non-hydrogen) atoms. The lowest BCUT2D eigenvalue weighted by Gasteiger charge is -2.32. The lowest BCUT2D eigenvalue weighted by molar-refractivity contribution is -0.120. The summed E-state index contributed by atoms with van der Waals surface area (Å²) in [6, 6.07) is 8.71. The molecule has 1 unspecified atom stereocenters. The number of rotatable bonds is 5. The molecule has 1 amide bonds. The van der Waals surface area contributed by atoms with Crippen molar-refractivity contribution in [3.8, 4) is 11.3 Å². The molecule has 1 aliphatic heterocycles. The Balaban J connectivity index is 1.53. The summed E-state index contributed by atoms with van der Waals surface area (Å²) in [6.45, 7) is 4.47. The van der Waals surface area contributed by atoms with E-state index in [1.165, 1.54) is 38.1 Å². The number of hydrogen-bond donors (Lipinski definition) is 1. The maximum absolute atomic E-state index is 13.0. The minimum absolute atomic E-state index is 0.272. The van der Waals surface area contributed by atoms with E-state index >= 15 is 0 Å². The Hall–Kier alpha value is -2.07. The number of piperidine rings is 1. The molecule has 0 aliphatic carbocycles. The average molecular weight is 462 g/mol. The van der Waals surface area contributed by atoms with Crippen LogP contribution in [0.15, 0.2) is 45.3 Å². The van der Waals surface area contributed by atoms with E-state index in [9.17, 15) is 13.2 Å². The van der Waals surface area contributed by atoms with Crippen molar-refractivity contribution in [1.82, 2.24) is 9.29 Å². The summed E-state index contributed by atoms with van der Waals surface area (Å²) in [5.74, 6) is -0.323. The Morgan fingerprint density at radius 1 is 1.17 bits per heavy atom. The molecule has 1 aromatic carbocycles. The van der Waals surface area contributed by atoms with Gasteiger partial charge in [-0.25, -0.2) is 13.4 Å². The van der Waals surface area contributed by atoms with E-state index in [1.807, 2.05) is 11.4 Å². The van der Waals surface area contributed by atoms with Crippen LogP contribution < -0.4 is 5.32 Å². The summed E-state index contributed by atoms with van der Waals surface area (Å²) in [6.07, 6.45) is 2.08. The van der Waals surface area contributed by atoms with Crippen molar-refractivity contribution in [3.63, 3.8) is 0 Å². The van der Waals surface area contributed by atoms with E-state index < -0.39 is 16.1 Å². The molecular weight excluding hydrogens is 438 g/mol. The molecule has 1 N–H and O–H groups in total. The number of carbonyl (C=O) groups excluding carboxylic acids is 1. The normalized spacial score (nSPS) is 17.7. The SMILES string of the molecule is Cc1ccc(-c2csc(NC(=O)C3CCCCN3S(=O)(=O)c3cccs3)n2)cc1C. The van der Waals surface area contributed by atoms with E-state index in [4.69, 9.17) is 0 Å². The number of aryl methyl sites for hydroxylation is 2. The van der Waals surface area contributed by atoms with E-state index in [0.717, 1.165) is 24.1 Å². The van der Waals surface area contributed by atoms with Crippen LogP contribution in [0, 0.1) is 13.8 Å². The molecular formula is C21H23N3O3S3. The largest absolute Gasteiger partial charge is 0.301 e. The topological polar surface area (TPSA) is 79.4 Å². The molecule has 158 valence electrons. The zero-order valence-electron chi connectivity index (χ0n) is 16.8. The minimum atomic E-state index is -3.68. The monoisotopic (exact) mass is 461 g/mol. The van der Waals surface area contributed by atoms with E-state index in [2.05, 4.69) is 36.3 Å². The van der Waals surface area contributed by atoms with Crippen LogP contribution in [0.2, 0.25) is 0 Å². The molecule has 3 heterocycles. The van der Waals surface area contributed by atoms with Gasteiger partial charge in [-0.1, -0.05) is 24.6 Å². The third-order valence-electron chi connectivity index (χ3n) is 5.35. The van der Waals surface area contributed by atoms with Gasteiger partial charge in [0.15, 0.2) is 5.13 Å². The summed E-state index contributed by atoms with van der Waals surface area (Å²) < 4.78 is 27.6. The lowest BCUT2D eigenvalue weighted by atomic mass is 10.0. The molecule has 2 aromatic heterocycles. The van der Waals surface area contributed by atoms with Crippen LogP contribution in [0.4, 0.5) is 5.13 Å². The quantitative estimate of drug-likeness (QED) is 0.599. The maximum atomic E-state index is 13.0. The second kappa shape index (κ2) is 8.58. The molecule has 6 nitrogen and oxygen atoms in total. The number of carbonyl (C=O) groups is 1.